The molecule has 0 unspecified atom stereocenters. The van der Waals surface area contributed by atoms with E-state index in [0.717, 1.165) is 10.5 Å². The van der Waals surface area contributed by atoms with Crippen LogP contribution in [0.1, 0.15) is 53.5 Å². The summed E-state index contributed by atoms with van der Waals surface area (Å²) in [5, 5.41) is 5.01. The Morgan fingerprint density at radius 1 is 0.973 bits per heavy atom. The maximum atomic E-state index is 12.9. The molecule has 0 aliphatic carbocycles. The number of hydrogen-bond donors (Lipinski definition) is 2. The van der Waals surface area contributed by atoms with Crippen LogP contribution in [0.4, 0.5) is 4.79 Å². The van der Waals surface area contributed by atoms with Crippen LogP contribution in [-0.4, -0.2) is 71.6 Å². The predicted molar refractivity (Wildman–Crippen MR) is 133 cm³/mol. The molecule has 1 heterocycles. The number of carbonyl (C=O) groups excluding carboxylic acids is 5. The zero-order valence-electron chi connectivity index (χ0n) is 22.2. The van der Waals surface area contributed by atoms with Crippen LogP contribution in [0.25, 0.3) is 0 Å². The molecular formula is C26H37N3O8. The summed E-state index contributed by atoms with van der Waals surface area (Å²) in [6, 6.07) is 5.77. The second-order valence-electron chi connectivity index (χ2n) is 10.1. The molecule has 1 fully saturated rings. The Balaban J connectivity index is 2.00. The first-order valence-electron chi connectivity index (χ1n) is 12.3. The highest BCUT2D eigenvalue weighted by atomic mass is 16.6. The highest BCUT2D eigenvalue weighted by Gasteiger charge is 2.61. The van der Waals surface area contributed by atoms with E-state index in [9.17, 15) is 24.0 Å². The number of esters is 2. The summed E-state index contributed by atoms with van der Waals surface area (Å²) in [5.41, 5.74) is 0.00715. The summed E-state index contributed by atoms with van der Waals surface area (Å²) in [6.45, 7) is 10.1. The standard InChI is InChI=1S/C26H37N3O8/c1-7-35-23(32)20-21(24(33)36-15-17-11-9-8-10-12-17)29(20)19(30)14-27-22(31)18(13-16(2)3)28-25(34)37-26(4,5)6/h8-12,16,18,20-21H,7,13-15H2,1-6H3,(H,27,31)(H,28,34)/t18-,20-,21-,29?/m0/s1. The summed E-state index contributed by atoms with van der Waals surface area (Å²) >= 11 is 0. The molecule has 1 aromatic rings. The van der Waals surface area contributed by atoms with Crippen molar-refractivity contribution in [3.05, 3.63) is 35.9 Å². The fourth-order valence-electron chi connectivity index (χ4n) is 3.60. The van der Waals surface area contributed by atoms with Crippen molar-refractivity contribution < 1.29 is 38.2 Å². The van der Waals surface area contributed by atoms with Gasteiger partial charge in [-0.05, 0) is 45.6 Å². The van der Waals surface area contributed by atoms with Gasteiger partial charge < -0.3 is 29.7 Å². The number of benzene rings is 1. The summed E-state index contributed by atoms with van der Waals surface area (Å²) in [5.74, 6) is -2.66. The van der Waals surface area contributed by atoms with Crippen LogP contribution >= 0.6 is 0 Å². The van der Waals surface area contributed by atoms with Crippen molar-refractivity contribution in [1.82, 2.24) is 15.5 Å². The zero-order chi connectivity index (χ0) is 27.8. The van der Waals surface area contributed by atoms with E-state index < -0.39 is 60.1 Å². The summed E-state index contributed by atoms with van der Waals surface area (Å²) in [6.07, 6.45) is -0.447. The highest BCUT2D eigenvalue weighted by molar-refractivity contribution is 6.02. The first-order chi connectivity index (χ1) is 17.3. The Hall–Kier alpha value is -3.63. The van der Waals surface area contributed by atoms with Crippen LogP contribution in [0.5, 0.6) is 0 Å². The number of ether oxygens (including phenoxy) is 3. The molecule has 0 saturated carbocycles. The minimum atomic E-state index is -1.14. The van der Waals surface area contributed by atoms with Crippen molar-refractivity contribution in [2.75, 3.05) is 13.2 Å². The molecule has 2 rings (SSSR count). The second kappa shape index (κ2) is 13.1. The Kier molecular flexibility index (Phi) is 10.5. The average molecular weight is 520 g/mol. The van der Waals surface area contributed by atoms with Crippen LogP contribution in [-0.2, 0) is 40.0 Å². The molecule has 0 radical (unpaired) electrons. The molecule has 0 spiro atoms. The third-order valence-electron chi connectivity index (χ3n) is 5.22. The van der Waals surface area contributed by atoms with Gasteiger partial charge in [0.25, 0.3) is 0 Å². The number of rotatable bonds is 11. The van der Waals surface area contributed by atoms with Gasteiger partial charge in [0.1, 0.15) is 18.2 Å². The van der Waals surface area contributed by atoms with Crippen LogP contribution in [0.2, 0.25) is 0 Å². The Labute approximate surface area is 217 Å². The topological polar surface area (TPSA) is 140 Å². The fraction of sp³-hybridized carbons (Fsp3) is 0.577. The summed E-state index contributed by atoms with van der Waals surface area (Å²) < 4.78 is 15.5. The second-order valence-corrected chi connectivity index (χ2v) is 10.1. The van der Waals surface area contributed by atoms with Gasteiger partial charge in [0, 0.05) is 0 Å². The first-order valence-corrected chi connectivity index (χ1v) is 12.3. The lowest BCUT2D eigenvalue weighted by Gasteiger charge is -2.24. The van der Waals surface area contributed by atoms with Crippen LogP contribution < -0.4 is 10.6 Å². The first kappa shape index (κ1) is 29.6. The number of amides is 3. The van der Waals surface area contributed by atoms with E-state index in [-0.39, 0.29) is 19.1 Å². The Morgan fingerprint density at radius 2 is 1.57 bits per heavy atom. The van der Waals surface area contributed by atoms with E-state index in [0.29, 0.717) is 6.42 Å². The van der Waals surface area contributed by atoms with Crippen molar-refractivity contribution in [2.45, 2.75) is 78.3 Å². The minimum absolute atomic E-state index is 0.0162. The van der Waals surface area contributed by atoms with Crippen molar-refractivity contribution in [3.63, 3.8) is 0 Å². The van der Waals surface area contributed by atoms with Gasteiger partial charge in [0.05, 0.1) is 13.2 Å². The molecule has 204 valence electrons. The molecule has 0 aromatic heterocycles. The van der Waals surface area contributed by atoms with Crippen molar-refractivity contribution in [3.8, 4) is 0 Å². The zero-order valence-corrected chi connectivity index (χ0v) is 22.2. The molecule has 2 N–H and O–H groups in total. The number of nitrogens with one attached hydrogen (secondary N) is 2. The van der Waals surface area contributed by atoms with Crippen LogP contribution in [0, 0.1) is 5.92 Å². The number of carbonyl (C=O) groups is 5. The van der Waals surface area contributed by atoms with E-state index in [1.54, 1.807) is 52.0 Å². The monoisotopic (exact) mass is 519 g/mol. The molecular weight excluding hydrogens is 482 g/mol. The SMILES string of the molecule is CCOC(=O)[C@@H]1[C@@H](C(=O)OCc2ccccc2)N1C(=O)CNC(=O)[C@H](CC(C)C)NC(=O)OC(C)(C)C. The molecule has 1 aliphatic rings. The van der Waals surface area contributed by atoms with Crippen LogP contribution in [0.15, 0.2) is 30.3 Å². The van der Waals surface area contributed by atoms with Gasteiger partial charge >= 0.3 is 18.0 Å². The van der Waals surface area contributed by atoms with Gasteiger partial charge in [-0.25, -0.2) is 14.4 Å². The Morgan fingerprint density at radius 3 is 2.11 bits per heavy atom. The predicted octanol–water partition coefficient (Wildman–Crippen LogP) is 1.93. The molecule has 37 heavy (non-hydrogen) atoms. The summed E-state index contributed by atoms with van der Waals surface area (Å²) in [7, 11) is 0. The van der Waals surface area contributed by atoms with Gasteiger partial charge in [0.2, 0.25) is 11.8 Å². The molecule has 3 atom stereocenters. The van der Waals surface area contributed by atoms with Gasteiger partial charge in [-0.3, -0.25) is 9.59 Å². The minimum Gasteiger partial charge on any atom is -0.464 e. The van der Waals surface area contributed by atoms with Gasteiger partial charge in [-0.15, -0.1) is 0 Å². The van der Waals surface area contributed by atoms with E-state index in [4.69, 9.17) is 14.2 Å². The maximum Gasteiger partial charge on any atom is 0.408 e. The molecule has 1 aromatic carbocycles. The molecule has 11 heteroatoms. The van der Waals surface area contributed by atoms with Crippen molar-refractivity contribution in [2.24, 2.45) is 5.92 Å². The van der Waals surface area contributed by atoms with Gasteiger partial charge in [-0.2, -0.15) is 0 Å². The lowest BCUT2D eigenvalue weighted by molar-refractivity contribution is -0.148. The maximum absolute atomic E-state index is 12.9. The normalized spacial score (nSPS) is 17.4. The molecule has 1 aliphatic heterocycles. The molecule has 0 bridgehead atoms. The molecule has 3 amide bonds. The van der Waals surface area contributed by atoms with E-state index >= 15 is 0 Å². The third-order valence-corrected chi connectivity index (χ3v) is 5.22. The van der Waals surface area contributed by atoms with Gasteiger partial charge in [0.15, 0.2) is 12.1 Å². The average Bonchev–Trinajstić information content (AvgIpc) is 3.56. The third kappa shape index (κ3) is 9.40. The fourth-order valence-corrected chi connectivity index (χ4v) is 3.60. The van der Waals surface area contributed by atoms with E-state index in [2.05, 4.69) is 10.6 Å². The largest absolute Gasteiger partial charge is 0.464 e. The number of hydrogen-bond acceptors (Lipinski definition) is 8. The molecule has 11 nitrogen and oxygen atoms in total. The lowest BCUT2D eigenvalue weighted by Crippen LogP contribution is -2.50. The number of nitrogens with zero attached hydrogens (tertiary/aromatic N) is 1. The molecule has 1 saturated heterocycles. The van der Waals surface area contributed by atoms with Crippen molar-refractivity contribution in [1.29, 1.82) is 0 Å². The van der Waals surface area contributed by atoms with Gasteiger partial charge in [-0.1, -0.05) is 44.2 Å². The Bertz CT molecular complexity index is 974. The van der Waals surface area contributed by atoms with Crippen molar-refractivity contribution >= 4 is 29.8 Å². The van der Waals surface area contributed by atoms with E-state index in [1.807, 2.05) is 19.9 Å². The lowest BCUT2D eigenvalue weighted by atomic mass is 10.0. The summed E-state index contributed by atoms with van der Waals surface area (Å²) in [4.78, 5) is 63.8. The quantitative estimate of drug-likeness (QED) is 0.257. The highest BCUT2D eigenvalue weighted by Crippen LogP contribution is 2.31. The van der Waals surface area contributed by atoms with E-state index in [1.165, 1.54) is 0 Å². The smallest absolute Gasteiger partial charge is 0.408 e. The number of alkyl carbamates (subject to hydrolysis) is 1. The van der Waals surface area contributed by atoms with Crippen LogP contribution in [0.3, 0.4) is 0 Å².